The molecule has 4 aromatic rings. The normalized spacial score (nSPS) is 11.5. The van der Waals surface area contributed by atoms with Crippen molar-refractivity contribution in [2.75, 3.05) is 5.32 Å². The Hall–Kier alpha value is -3.30. The lowest BCUT2D eigenvalue weighted by atomic mass is 10.3. The summed E-state index contributed by atoms with van der Waals surface area (Å²) in [6.45, 7) is 1.80. The highest BCUT2D eigenvalue weighted by atomic mass is 32.2. The summed E-state index contributed by atoms with van der Waals surface area (Å²) in [6.07, 6.45) is 0. The average molecular weight is 454 g/mol. The zero-order chi connectivity index (χ0) is 21.8. The molecule has 3 aromatic carbocycles. The molecule has 5 nitrogen and oxygen atoms in total. The maximum atomic E-state index is 13.1. The Balaban J connectivity index is 1.43. The lowest BCUT2D eigenvalue weighted by Gasteiger charge is -2.07. The molecule has 0 amide bonds. The molecule has 0 radical (unpaired) electrons. The number of nitrogens with zero attached hydrogens (tertiary/aromatic N) is 2. The van der Waals surface area contributed by atoms with Crippen LogP contribution in [0.2, 0.25) is 0 Å². The highest BCUT2D eigenvalue weighted by Crippen LogP contribution is 2.29. The van der Waals surface area contributed by atoms with Gasteiger partial charge >= 0.3 is 0 Å². The summed E-state index contributed by atoms with van der Waals surface area (Å²) < 4.78 is 26.1. The molecule has 156 valence electrons. The summed E-state index contributed by atoms with van der Waals surface area (Å²) in [4.78, 5) is 9.76. The predicted octanol–water partition coefficient (Wildman–Crippen LogP) is 5.70. The number of imidazole rings is 1. The lowest BCUT2D eigenvalue weighted by molar-refractivity contribution is 0.626. The van der Waals surface area contributed by atoms with Gasteiger partial charge in [-0.2, -0.15) is 5.10 Å². The van der Waals surface area contributed by atoms with Gasteiger partial charge in [0.15, 0.2) is 10.9 Å². The van der Waals surface area contributed by atoms with Crippen molar-refractivity contribution in [1.82, 2.24) is 15.4 Å². The van der Waals surface area contributed by atoms with E-state index in [9.17, 15) is 8.78 Å². The van der Waals surface area contributed by atoms with Crippen LogP contribution < -0.4 is 10.7 Å². The molecular weight excluding hydrogens is 436 g/mol. The molecule has 0 fully saturated rings. The van der Waals surface area contributed by atoms with E-state index in [0.29, 0.717) is 17.2 Å². The molecule has 0 aliphatic heterocycles. The third-order valence-corrected chi connectivity index (χ3v) is 5.46. The van der Waals surface area contributed by atoms with Crippen molar-refractivity contribution in [2.24, 2.45) is 5.10 Å². The van der Waals surface area contributed by atoms with Gasteiger partial charge in [0.2, 0.25) is 0 Å². The van der Waals surface area contributed by atoms with Gasteiger partial charge in [0.1, 0.15) is 17.3 Å². The molecule has 31 heavy (non-hydrogen) atoms. The van der Waals surface area contributed by atoms with Crippen LogP contribution in [0.3, 0.4) is 0 Å². The quantitative estimate of drug-likeness (QED) is 0.205. The van der Waals surface area contributed by atoms with Crippen LogP contribution in [0.1, 0.15) is 12.7 Å². The maximum absolute atomic E-state index is 13.1. The third-order valence-electron chi connectivity index (χ3n) is 4.27. The van der Waals surface area contributed by atoms with Gasteiger partial charge in [0.25, 0.3) is 0 Å². The number of anilines is 1. The fourth-order valence-electron chi connectivity index (χ4n) is 2.74. The molecule has 0 saturated carbocycles. The lowest BCUT2D eigenvalue weighted by Crippen LogP contribution is -2.25. The van der Waals surface area contributed by atoms with Crippen molar-refractivity contribution in [3.63, 3.8) is 0 Å². The minimum atomic E-state index is -0.317. The van der Waals surface area contributed by atoms with E-state index in [1.807, 2.05) is 18.2 Å². The molecule has 0 atom stereocenters. The zero-order valence-corrected chi connectivity index (χ0v) is 18.0. The SMILES string of the molecule is C/C(=N\NC(=S)Nc1ccc(F)cc1)c1nc2cc(Sc3ccc(F)cc3)ccc2[nH]1. The van der Waals surface area contributed by atoms with Crippen LogP contribution in [0.25, 0.3) is 11.0 Å². The summed E-state index contributed by atoms with van der Waals surface area (Å²) in [6, 6.07) is 18.1. The molecule has 0 saturated heterocycles. The Morgan fingerprint density at radius 3 is 2.32 bits per heavy atom. The number of fused-ring (bicyclic) bond motifs is 1. The predicted molar refractivity (Wildman–Crippen MR) is 125 cm³/mol. The van der Waals surface area contributed by atoms with Crippen LogP contribution in [0.5, 0.6) is 0 Å². The van der Waals surface area contributed by atoms with Crippen molar-refractivity contribution < 1.29 is 8.78 Å². The summed E-state index contributed by atoms with van der Waals surface area (Å²) in [5, 5.41) is 7.46. The molecule has 1 heterocycles. The molecule has 9 heteroatoms. The van der Waals surface area contributed by atoms with Gasteiger partial charge < -0.3 is 10.3 Å². The van der Waals surface area contributed by atoms with Crippen molar-refractivity contribution in [3.8, 4) is 0 Å². The molecule has 0 unspecified atom stereocenters. The third kappa shape index (κ3) is 5.44. The highest BCUT2D eigenvalue weighted by molar-refractivity contribution is 7.99. The van der Waals surface area contributed by atoms with E-state index < -0.39 is 0 Å². The second kappa shape index (κ2) is 9.23. The second-order valence-electron chi connectivity index (χ2n) is 6.59. The summed E-state index contributed by atoms with van der Waals surface area (Å²) in [5.41, 5.74) is 5.70. The number of benzene rings is 3. The number of aromatic nitrogens is 2. The van der Waals surface area contributed by atoms with Gasteiger partial charge in [-0.25, -0.2) is 13.8 Å². The molecule has 0 aliphatic rings. The van der Waals surface area contributed by atoms with Crippen molar-refractivity contribution in [1.29, 1.82) is 0 Å². The van der Waals surface area contributed by atoms with Crippen LogP contribution in [-0.4, -0.2) is 20.8 Å². The number of thiocarbonyl (C=S) groups is 1. The Kier molecular flexibility index (Phi) is 6.24. The molecule has 0 spiro atoms. The van der Waals surface area contributed by atoms with E-state index in [0.717, 1.165) is 20.8 Å². The number of nitrogens with one attached hydrogen (secondary N) is 3. The largest absolute Gasteiger partial charge is 0.337 e. The Bertz CT molecular complexity index is 1250. The van der Waals surface area contributed by atoms with Gasteiger partial charge in [-0.05, 0) is 85.9 Å². The van der Waals surface area contributed by atoms with E-state index >= 15 is 0 Å². The Morgan fingerprint density at radius 2 is 1.61 bits per heavy atom. The number of hydrazone groups is 1. The molecule has 0 aliphatic carbocycles. The van der Waals surface area contributed by atoms with Crippen molar-refractivity contribution in [3.05, 3.63) is 84.2 Å². The number of rotatable bonds is 5. The summed E-state index contributed by atoms with van der Waals surface area (Å²) in [7, 11) is 0. The van der Waals surface area contributed by atoms with Crippen LogP contribution in [0, 0.1) is 11.6 Å². The first kappa shape index (κ1) is 21.0. The second-order valence-corrected chi connectivity index (χ2v) is 8.15. The first-order valence-electron chi connectivity index (χ1n) is 9.27. The average Bonchev–Trinajstić information content (AvgIpc) is 3.19. The molecule has 0 bridgehead atoms. The standard InChI is InChI=1S/C22H17F2N5S2/c1-13(28-29-22(30)25-16-6-2-14(23)3-7-16)21-26-19-11-10-18(12-20(19)27-21)31-17-8-4-15(24)5-9-17/h2-12H,1H3,(H,26,27)(H2,25,29,30)/b28-13+. The van der Waals surface area contributed by atoms with Gasteiger partial charge in [-0.15, -0.1) is 0 Å². The first-order valence-corrected chi connectivity index (χ1v) is 10.5. The van der Waals surface area contributed by atoms with Crippen molar-refractivity contribution in [2.45, 2.75) is 16.7 Å². The van der Waals surface area contributed by atoms with Crippen LogP contribution in [0.15, 0.2) is 81.6 Å². The summed E-state index contributed by atoms with van der Waals surface area (Å²) in [5.74, 6) is 0.0332. The Labute approximate surface area is 187 Å². The van der Waals surface area contributed by atoms with Gasteiger partial charge in [0.05, 0.1) is 11.0 Å². The minimum Gasteiger partial charge on any atom is -0.337 e. The van der Waals surface area contributed by atoms with E-state index in [-0.39, 0.29) is 16.7 Å². The summed E-state index contributed by atoms with van der Waals surface area (Å²) >= 11 is 6.74. The number of aromatic amines is 1. The maximum Gasteiger partial charge on any atom is 0.191 e. The van der Waals surface area contributed by atoms with Gasteiger partial charge in [0, 0.05) is 15.5 Å². The van der Waals surface area contributed by atoms with Crippen LogP contribution >= 0.6 is 24.0 Å². The van der Waals surface area contributed by atoms with E-state index in [1.54, 1.807) is 31.2 Å². The monoisotopic (exact) mass is 453 g/mol. The topological polar surface area (TPSA) is 65.1 Å². The Morgan fingerprint density at radius 1 is 0.968 bits per heavy atom. The van der Waals surface area contributed by atoms with E-state index in [4.69, 9.17) is 12.2 Å². The van der Waals surface area contributed by atoms with Crippen LogP contribution in [-0.2, 0) is 0 Å². The number of hydrogen-bond acceptors (Lipinski definition) is 4. The van der Waals surface area contributed by atoms with Gasteiger partial charge in [-0.1, -0.05) is 11.8 Å². The van der Waals surface area contributed by atoms with E-state index in [1.165, 1.54) is 36.0 Å². The van der Waals surface area contributed by atoms with Gasteiger partial charge in [-0.3, -0.25) is 5.43 Å². The smallest absolute Gasteiger partial charge is 0.191 e. The van der Waals surface area contributed by atoms with Crippen LogP contribution in [0.4, 0.5) is 14.5 Å². The molecule has 1 aromatic heterocycles. The molecule has 4 rings (SSSR count). The zero-order valence-electron chi connectivity index (χ0n) is 16.3. The number of H-pyrrole nitrogens is 1. The van der Waals surface area contributed by atoms with E-state index in [2.05, 4.69) is 25.8 Å². The number of hydrogen-bond donors (Lipinski definition) is 3. The first-order chi connectivity index (χ1) is 15.0. The van der Waals surface area contributed by atoms with Crippen molar-refractivity contribution >= 4 is 51.5 Å². The molecule has 3 N–H and O–H groups in total. The highest BCUT2D eigenvalue weighted by Gasteiger charge is 2.08. The minimum absolute atomic E-state index is 0.257. The fourth-order valence-corrected chi connectivity index (χ4v) is 3.75. The molecular formula is C22H17F2N5S2. The fraction of sp³-hybridized carbons (Fsp3) is 0.0455. The number of halogens is 2.